The van der Waals surface area contributed by atoms with Crippen molar-refractivity contribution in [3.63, 3.8) is 0 Å². The van der Waals surface area contributed by atoms with Crippen molar-refractivity contribution in [2.24, 2.45) is 0 Å². The summed E-state index contributed by atoms with van der Waals surface area (Å²) in [6, 6.07) is 11.2. The number of rotatable bonds is 5. The van der Waals surface area contributed by atoms with Gasteiger partial charge in [-0.15, -0.1) is 0 Å². The number of halogens is 1. The van der Waals surface area contributed by atoms with Gasteiger partial charge < -0.3 is 14.8 Å². The molecule has 22 heavy (non-hydrogen) atoms. The Hall–Kier alpha value is -2.01. The molecule has 0 heterocycles. The fraction of sp³-hybridized carbons (Fsp3) is 0.235. The van der Waals surface area contributed by atoms with Gasteiger partial charge in [0.05, 0.1) is 7.11 Å². The van der Waals surface area contributed by atoms with E-state index in [1.54, 1.807) is 13.2 Å². The lowest BCUT2D eigenvalue weighted by atomic mass is 10.2. The van der Waals surface area contributed by atoms with Crippen LogP contribution in [0.4, 0.5) is 5.69 Å². The maximum atomic E-state index is 12.0. The number of carbonyl (C=O) groups excluding carboxylic acids is 1. The monoisotopic (exact) mass is 363 g/mol. The van der Waals surface area contributed by atoms with E-state index >= 15 is 0 Å². The van der Waals surface area contributed by atoms with E-state index in [4.69, 9.17) is 9.47 Å². The number of ether oxygens (including phenoxy) is 2. The topological polar surface area (TPSA) is 47.6 Å². The first-order valence-corrected chi connectivity index (χ1v) is 7.62. The third kappa shape index (κ3) is 4.24. The Balaban J connectivity index is 1.96. The van der Waals surface area contributed by atoms with Crippen LogP contribution in [0.5, 0.6) is 11.5 Å². The molecule has 0 fully saturated rings. The van der Waals surface area contributed by atoms with Crippen molar-refractivity contribution in [3.8, 4) is 11.5 Å². The minimum Gasteiger partial charge on any atom is -0.493 e. The Morgan fingerprint density at radius 1 is 1.14 bits per heavy atom. The quantitative estimate of drug-likeness (QED) is 0.869. The molecule has 2 aromatic rings. The molecule has 0 spiro atoms. The second-order valence-corrected chi connectivity index (χ2v) is 5.81. The zero-order chi connectivity index (χ0) is 16.1. The van der Waals surface area contributed by atoms with E-state index < -0.39 is 0 Å². The molecule has 5 heteroatoms. The molecular weight excluding hydrogens is 346 g/mol. The van der Waals surface area contributed by atoms with Crippen LogP contribution in [-0.2, 0) is 4.79 Å². The third-order valence-electron chi connectivity index (χ3n) is 3.12. The van der Waals surface area contributed by atoms with Gasteiger partial charge in [-0.25, -0.2) is 0 Å². The van der Waals surface area contributed by atoms with Gasteiger partial charge in [-0.2, -0.15) is 0 Å². The number of carbonyl (C=O) groups is 1. The molecule has 0 aliphatic rings. The second kappa shape index (κ2) is 7.31. The minimum atomic E-state index is -0.218. The number of amides is 1. The Morgan fingerprint density at radius 2 is 1.91 bits per heavy atom. The van der Waals surface area contributed by atoms with E-state index in [2.05, 4.69) is 21.2 Å². The van der Waals surface area contributed by atoms with Crippen LogP contribution in [0.25, 0.3) is 0 Å². The molecule has 0 bridgehead atoms. The molecule has 0 aromatic heterocycles. The van der Waals surface area contributed by atoms with Crippen LogP contribution in [0.3, 0.4) is 0 Å². The van der Waals surface area contributed by atoms with Gasteiger partial charge in [-0.1, -0.05) is 22.0 Å². The number of hydrogen-bond donors (Lipinski definition) is 1. The smallest absolute Gasteiger partial charge is 0.262 e. The molecule has 0 atom stereocenters. The number of nitrogens with one attached hydrogen (secondary N) is 1. The first-order valence-electron chi connectivity index (χ1n) is 6.83. The Morgan fingerprint density at radius 3 is 2.59 bits per heavy atom. The number of hydrogen-bond acceptors (Lipinski definition) is 3. The van der Waals surface area contributed by atoms with E-state index in [1.165, 1.54) is 0 Å². The summed E-state index contributed by atoms with van der Waals surface area (Å²) in [7, 11) is 1.58. The highest BCUT2D eigenvalue weighted by Gasteiger charge is 2.08. The van der Waals surface area contributed by atoms with Gasteiger partial charge in [0.25, 0.3) is 5.91 Å². The van der Waals surface area contributed by atoms with Crippen molar-refractivity contribution in [2.75, 3.05) is 19.0 Å². The fourth-order valence-corrected chi connectivity index (χ4v) is 2.20. The van der Waals surface area contributed by atoms with Gasteiger partial charge in [-0.3, -0.25) is 4.79 Å². The molecular formula is C17H18BrNO3. The molecule has 0 saturated heterocycles. The van der Waals surface area contributed by atoms with Crippen LogP contribution < -0.4 is 14.8 Å². The molecule has 2 aromatic carbocycles. The third-order valence-corrected chi connectivity index (χ3v) is 4.01. The van der Waals surface area contributed by atoms with Crippen LogP contribution >= 0.6 is 15.9 Å². The number of benzene rings is 2. The molecule has 4 nitrogen and oxygen atoms in total. The highest BCUT2D eigenvalue weighted by atomic mass is 79.9. The van der Waals surface area contributed by atoms with Crippen molar-refractivity contribution in [3.05, 3.63) is 52.0 Å². The van der Waals surface area contributed by atoms with Crippen molar-refractivity contribution in [2.45, 2.75) is 13.8 Å². The average Bonchev–Trinajstić information content (AvgIpc) is 2.49. The van der Waals surface area contributed by atoms with Crippen molar-refractivity contribution in [1.29, 1.82) is 0 Å². The molecule has 0 radical (unpaired) electrons. The van der Waals surface area contributed by atoms with Gasteiger partial charge >= 0.3 is 0 Å². The molecule has 116 valence electrons. The Bertz CT molecular complexity index is 686. The maximum absolute atomic E-state index is 12.0. The summed E-state index contributed by atoms with van der Waals surface area (Å²) in [6.07, 6.45) is 0. The van der Waals surface area contributed by atoms with Crippen LogP contribution in [0.15, 0.2) is 40.9 Å². The molecule has 0 aliphatic heterocycles. The molecule has 0 aliphatic carbocycles. The van der Waals surface area contributed by atoms with E-state index in [-0.39, 0.29) is 12.5 Å². The van der Waals surface area contributed by atoms with E-state index in [9.17, 15) is 4.79 Å². The van der Waals surface area contributed by atoms with Crippen molar-refractivity contribution >= 4 is 27.5 Å². The molecule has 1 amide bonds. The highest BCUT2D eigenvalue weighted by molar-refractivity contribution is 9.10. The zero-order valence-corrected chi connectivity index (χ0v) is 14.4. The normalized spacial score (nSPS) is 10.2. The maximum Gasteiger partial charge on any atom is 0.262 e. The lowest BCUT2D eigenvalue weighted by Gasteiger charge is -2.12. The summed E-state index contributed by atoms with van der Waals surface area (Å²) in [5.41, 5.74) is 2.86. The van der Waals surface area contributed by atoms with Crippen LogP contribution in [0.2, 0.25) is 0 Å². The highest BCUT2D eigenvalue weighted by Crippen LogP contribution is 2.27. The van der Waals surface area contributed by atoms with E-state index in [1.807, 2.05) is 44.2 Å². The van der Waals surface area contributed by atoms with Crippen LogP contribution in [-0.4, -0.2) is 19.6 Å². The van der Waals surface area contributed by atoms with Crippen LogP contribution in [0, 0.1) is 13.8 Å². The molecule has 0 saturated carbocycles. The summed E-state index contributed by atoms with van der Waals surface area (Å²) < 4.78 is 11.8. The summed E-state index contributed by atoms with van der Waals surface area (Å²) in [6.45, 7) is 3.86. The van der Waals surface area contributed by atoms with Gasteiger partial charge in [0.2, 0.25) is 0 Å². The SMILES string of the molecule is COc1cc(C)ccc1OCC(=O)Nc1ccc(Br)c(C)c1. The summed E-state index contributed by atoms with van der Waals surface area (Å²) in [5.74, 6) is 0.951. The largest absolute Gasteiger partial charge is 0.493 e. The van der Waals surface area contributed by atoms with Crippen molar-refractivity contribution < 1.29 is 14.3 Å². The Labute approximate surface area is 138 Å². The van der Waals surface area contributed by atoms with E-state index in [0.29, 0.717) is 11.5 Å². The Kier molecular flexibility index (Phi) is 5.44. The van der Waals surface area contributed by atoms with Gasteiger partial charge in [0.1, 0.15) is 0 Å². The zero-order valence-electron chi connectivity index (χ0n) is 12.8. The van der Waals surface area contributed by atoms with Gasteiger partial charge in [-0.05, 0) is 55.3 Å². The van der Waals surface area contributed by atoms with Gasteiger partial charge in [0, 0.05) is 10.2 Å². The predicted octanol–water partition coefficient (Wildman–Crippen LogP) is 4.09. The fourth-order valence-electron chi connectivity index (χ4n) is 1.96. The average molecular weight is 364 g/mol. The molecule has 1 N–H and O–H groups in total. The molecule has 2 rings (SSSR count). The first kappa shape index (κ1) is 16.4. The number of anilines is 1. The summed E-state index contributed by atoms with van der Waals surface area (Å²) >= 11 is 3.43. The summed E-state index contributed by atoms with van der Waals surface area (Å²) in [4.78, 5) is 12.0. The number of aryl methyl sites for hydroxylation is 2. The number of methoxy groups -OCH3 is 1. The molecule has 0 unspecified atom stereocenters. The lowest BCUT2D eigenvalue weighted by molar-refractivity contribution is -0.118. The van der Waals surface area contributed by atoms with Gasteiger partial charge in [0.15, 0.2) is 18.1 Å². The van der Waals surface area contributed by atoms with Crippen molar-refractivity contribution in [1.82, 2.24) is 0 Å². The summed E-state index contributed by atoms with van der Waals surface area (Å²) in [5, 5.41) is 2.80. The predicted molar refractivity (Wildman–Crippen MR) is 90.7 cm³/mol. The second-order valence-electron chi connectivity index (χ2n) is 4.96. The standard InChI is InChI=1S/C17H18BrNO3/c1-11-4-7-15(16(8-11)21-3)22-10-17(20)19-13-5-6-14(18)12(2)9-13/h4-9H,10H2,1-3H3,(H,19,20). The first-order chi connectivity index (χ1) is 10.5. The lowest BCUT2D eigenvalue weighted by Crippen LogP contribution is -2.20. The van der Waals surface area contributed by atoms with Crippen LogP contribution in [0.1, 0.15) is 11.1 Å². The minimum absolute atomic E-state index is 0.0749. The van der Waals surface area contributed by atoms with E-state index in [0.717, 1.165) is 21.3 Å².